The van der Waals surface area contributed by atoms with Gasteiger partial charge in [0.05, 0.1) is 13.7 Å². The molecule has 0 heterocycles. The number of ether oxygens (including phenoxy) is 1. The van der Waals surface area contributed by atoms with Gasteiger partial charge in [0.25, 0.3) is 0 Å². The number of hydrogen-bond acceptors (Lipinski definition) is 3. The van der Waals surface area contributed by atoms with Gasteiger partial charge in [0.15, 0.2) is 0 Å². The van der Waals surface area contributed by atoms with Crippen molar-refractivity contribution in [2.24, 2.45) is 0 Å². The van der Waals surface area contributed by atoms with Crippen molar-refractivity contribution >= 4 is 17.5 Å². The summed E-state index contributed by atoms with van der Waals surface area (Å²) in [6, 6.07) is 13.1. The summed E-state index contributed by atoms with van der Waals surface area (Å²) in [5.74, 6) is -0.132. The van der Waals surface area contributed by atoms with Gasteiger partial charge < -0.3 is 15.0 Å². The van der Waals surface area contributed by atoms with E-state index in [0.717, 1.165) is 11.3 Å². The van der Waals surface area contributed by atoms with Crippen LogP contribution in [0.15, 0.2) is 48.5 Å². The van der Waals surface area contributed by atoms with Crippen LogP contribution in [0.4, 0.5) is 10.1 Å². The molecule has 0 unspecified atom stereocenters. The van der Waals surface area contributed by atoms with Gasteiger partial charge in [0.1, 0.15) is 11.6 Å². The van der Waals surface area contributed by atoms with Crippen molar-refractivity contribution in [2.45, 2.75) is 13.3 Å². The lowest BCUT2D eigenvalue weighted by molar-refractivity contribution is -0.132. The highest BCUT2D eigenvalue weighted by atomic mass is 19.1. The van der Waals surface area contributed by atoms with Crippen molar-refractivity contribution in [3.05, 3.63) is 59.9 Å². The molecule has 2 aromatic rings. The third-order valence-electron chi connectivity index (χ3n) is 3.71. The van der Waals surface area contributed by atoms with E-state index in [1.807, 2.05) is 24.3 Å². The molecule has 2 amide bonds. The summed E-state index contributed by atoms with van der Waals surface area (Å²) in [6.45, 7) is 1.78. The maximum atomic E-state index is 12.9. The van der Waals surface area contributed by atoms with Crippen LogP contribution in [0.5, 0.6) is 5.75 Å². The second-order valence-corrected chi connectivity index (χ2v) is 5.60. The molecule has 5 nitrogen and oxygen atoms in total. The van der Waals surface area contributed by atoms with Gasteiger partial charge in [-0.25, -0.2) is 4.39 Å². The third kappa shape index (κ3) is 5.91. The molecule has 2 aromatic carbocycles. The molecule has 1 N–H and O–H groups in total. The van der Waals surface area contributed by atoms with Crippen molar-refractivity contribution in [1.82, 2.24) is 4.90 Å². The van der Waals surface area contributed by atoms with Gasteiger partial charge in [0.2, 0.25) is 11.8 Å². The van der Waals surface area contributed by atoms with E-state index in [0.29, 0.717) is 18.7 Å². The number of anilines is 1. The van der Waals surface area contributed by atoms with Gasteiger partial charge in [-0.1, -0.05) is 12.1 Å². The summed E-state index contributed by atoms with van der Waals surface area (Å²) >= 11 is 0. The van der Waals surface area contributed by atoms with E-state index in [-0.39, 0.29) is 24.2 Å². The predicted molar refractivity (Wildman–Crippen MR) is 94.0 cm³/mol. The second-order valence-electron chi connectivity index (χ2n) is 5.60. The Labute approximate surface area is 146 Å². The number of rotatable bonds is 7. The molecule has 132 valence electrons. The zero-order valence-corrected chi connectivity index (χ0v) is 14.3. The molecule has 0 spiro atoms. The minimum absolute atomic E-state index is 0.0589. The van der Waals surface area contributed by atoms with Crippen molar-refractivity contribution < 1.29 is 18.7 Å². The fourth-order valence-corrected chi connectivity index (χ4v) is 2.35. The molecule has 0 fully saturated rings. The van der Waals surface area contributed by atoms with Gasteiger partial charge in [0, 0.05) is 19.2 Å². The minimum atomic E-state index is -0.373. The maximum Gasteiger partial charge on any atom is 0.243 e. The summed E-state index contributed by atoms with van der Waals surface area (Å²) in [5, 5.41) is 2.65. The first-order valence-corrected chi connectivity index (χ1v) is 7.92. The Kier molecular flexibility index (Phi) is 6.51. The van der Waals surface area contributed by atoms with Gasteiger partial charge in [-0.15, -0.1) is 0 Å². The lowest BCUT2D eigenvalue weighted by Crippen LogP contribution is -2.38. The van der Waals surface area contributed by atoms with Crippen LogP contribution in [-0.2, 0) is 16.0 Å². The van der Waals surface area contributed by atoms with E-state index >= 15 is 0 Å². The van der Waals surface area contributed by atoms with Crippen LogP contribution in [0.1, 0.15) is 12.5 Å². The normalized spacial score (nSPS) is 10.2. The summed E-state index contributed by atoms with van der Waals surface area (Å²) in [4.78, 5) is 25.4. The van der Waals surface area contributed by atoms with Crippen LogP contribution in [-0.4, -0.2) is 36.9 Å². The molecule has 25 heavy (non-hydrogen) atoms. The number of carbonyl (C=O) groups excluding carboxylic acids is 2. The molecule has 2 rings (SSSR count). The summed E-state index contributed by atoms with van der Waals surface area (Å²) in [5.41, 5.74) is 1.51. The van der Waals surface area contributed by atoms with Crippen LogP contribution < -0.4 is 10.1 Å². The number of nitrogens with zero attached hydrogens (tertiary/aromatic N) is 1. The van der Waals surface area contributed by atoms with Crippen LogP contribution >= 0.6 is 0 Å². The number of carbonyl (C=O) groups is 2. The van der Waals surface area contributed by atoms with Crippen molar-refractivity contribution in [2.75, 3.05) is 25.5 Å². The minimum Gasteiger partial charge on any atom is -0.497 e. The maximum absolute atomic E-state index is 12.9. The number of hydrogen-bond donors (Lipinski definition) is 1. The number of methoxy groups -OCH3 is 1. The fourth-order valence-electron chi connectivity index (χ4n) is 2.35. The number of halogens is 1. The standard InChI is InChI=1S/C19H21FN2O3/c1-14(23)22(11-10-15-4-3-5-18(12-15)25-2)13-19(24)21-17-8-6-16(20)7-9-17/h3-9,12H,10-11,13H2,1-2H3,(H,21,24). The van der Waals surface area contributed by atoms with Gasteiger partial charge in [-0.05, 0) is 48.4 Å². The molecular weight excluding hydrogens is 323 g/mol. The van der Waals surface area contributed by atoms with Gasteiger partial charge >= 0.3 is 0 Å². The predicted octanol–water partition coefficient (Wildman–Crippen LogP) is 2.86. The molecular formula is C19H21FN2O3. The van der Waals surface area contributed by atoms with Crippen molar-refractivity contribution in [3.8, 4) is 5.75 Å². The van der Waals surface area contributed by atoms with E-state index in [1.54, 1.807) is 7.11 Å². The van der Waals surface area contributed by atoms with E-state index in [1.165, 1.54) is 36.1 Å². The van der Waals surface area contributed by atoms with Gasteiger partial charge in [-0.2, -0.15) is 0 Å². The highest BCUT2D eigenvalue weighted by Gasteiger charge is 2.14. The van der Waals surface area contributed by atoms with Crippen LogP contribution in [0, 0.1) is 5.82 Å². The highest BCUT2D eigenvalue weighted by Crippen LogP contribution is 2.13. The van der Waals surface area contributed by atoms with E-state index in [4.69, 9.17) is 4.74 Å². The Hall–Kier alpha value is -2.89. The lowest BCUT2D eigenvalue weighted by Gasteiger charge is -2.20. The monoisotopic (exact) mass is 344 g/mol. The average Bonchev–Trinajstić information content (AvgIpc) is 2.60. The van der Waals surface area contributed by atoms with E-state index < -0.39 is 0 Å². The zero-order chi connectivity index (χ0) is 18.2. The summed E-state index contributed by atoms with van der Waals surface area (Å²) in [7, 11) is 1.60. The van der Waals surface area contributed by atoms with Crippen molar-refractivity contribution in [1.29, 1.82) is 0 Å². The number of nitrogens with one attached hydrogen (secondary N) is 1. The summed E-state index contributed by atoms with van der Waals surface area (Å²) < 4.78 is 18.1. The molecule has 0 aliphatic rings. The fraction of sp³-hybridized carbons (Fsp3) is 0.263. The van der Waals surface area contributed by atoms with E-state index in [2.05, 4.69) is 5.32 Å². The summed E-state index contributed by atoms with van der Waals surface area (Å²) in [6.07, 6.45) is 0.612. The number of benzene rings is 2. The lowest BCUT2D eigenvalue weighted by atomic mass is 10.1. The van der Waals surface area contributed by atoms with Crippen molar-refractivity contribution in [3.63, 3.8) is 0 Å². The van der Waals surface area contributed by atoms with E-state index in [9.17, 15) is 14.0 Å². The molecule has 0 saturated heterocycles. The Balaban J connectivity index is 1.92. The first-order chi connectivity index (χ1) is 12.0. The Bertz CT molecular complexity index is 732. The highest BCUT2D eigenvalue weighted by molar-refractivity contribution is 5.94. The Morgan fingerprint density at radius 2 is 1.88 bits per heavy atom. The largest absolute Gasteiger partial charge is 0.497 e. The molecule has 6 heteroatoms. The third-order valence-corrected chi connectivity index (χ3v) is 3.71. The quantitative estimate of drug-likeness (QED) is 0.840. The molecule has 0 saturated carbocycles. The zero-order valence-electron chi connectivity index (χ0n) is 14.3. The first-order valence-electron chi connectivity index (χ1n) is 7.92. The molecule has 0 aromatic heterocycles. The van der Waals surface area contributed by atoms with Gasteiger partial charge in [-0.3, -0.25) is 9.59 Å². The first kappa shape index (κ1) is 18.4. The van der Waals surface area contributed by atoms with Crippen LogP contribution in [0.3, 0.4) is 0 Å². The smallest absolute Gasteiger partial charge is 0.243 e. The molecule has 0 bridgehead atoms. The molecule has 0 aliphatic carbocycles. The Morgan fingerprint density at radius 1 is 1.16 bits per heavy atom. The SMILES string of the molecule is COc1cccc(CCN(CC(=O)Nc2ccc(F)cc2)C(C)=O)c1. The average molecular weight is 344 g/mol. The van der Waals surface area contributed by atoms with Crippen LogP contribution in [0.2, 0.25) is 0 Å². The molecule has 0 radical (unpaired) electrons. The Morgan fingerprint density at radius 3 is 2.52 bits per heavy atom. The topological polar surface area (TPSA) is 58.6 Å². The van der Waals surface area contributed by atoms with Crippen LogP contribution in [0.25, 0.3) is 0 Å². The second kappa shape index (κ2) is 8.82. The number of amides is 2. The molecule has 0 aliphatic heterocycles. The molecule has 0 atom stereocenters.